The zero-order chi connectivity index (χ0) is 24.2. The maximum atomic E-state index is 9.64. The van der Waals surface area contributed by atoms with Crippen molar-refractivity contribution in [1.82, 2.24) is 0 Å². The summed E-state index contributed by atoms with van der Waals surface area (Å²) in [4.78, 5) is 57.5. The topological polar surface area (TPSA) is 278 Å². The van der Waals surface area contributed by atoms with Gasteiger partial charge in [-0.3, -0.25) is 14.1 Å². The van der Waals surface area contributed by atoms with Crippen molar-refractivity contribution >= 4 is 58.3 Å². The van der Waals surface area contributed by atoms with Crippen LogP contribution in [-0.4, -0.2) is 85.7 Å². The summed E-state index contributed by atoms with van der Waals surface area (Å²) in [5.74, 6) is -7.18. The molecule has 0 radical (unpaired) electrons. The molecule has 0 atom stereocenters. The van der Waals surface area contributed by atoms with Crippen LogP contribution in [0.1, 0.15) is 12.8 Å². The highest BCUT2D eigenvalue weighted by molar-refractivity contribution is 7.85. The van der Waals surface area contributed by atoms with Gasteiger partial charge < -0.3 is 30.6 Å². The van der Waals surface area contributed by atoms with E-state index in [-0.39, 0.29) is 25.2 Å². The first kappa shape index (κ1) is 37.3. The molecule has 0 aliphatic carbocycles. The summed E-state index contributed by atoms with van der Waals surface area (Å²) in [6.07, 6.45) is 2.35. The van der Waals surface area contributed by atoms with Gasteiger partial charge in [-0.25, -0.2) is 19.2 Å². The highest BCUT2D eigenvalue weighted by atomic mass is 35.5. The van der Waals surface area contributed by atoms with E-state index >= 15 is 0 Å². The average molecular weight is 483 g/mol. The maximum absolute atomic E-state index is 9.64. The summed E-state index contributed by atoms with van der Waals surface area (Å²) >= 11 is 0. The molecule has 0 amide bonds. The number of carboxylic acid groups (broad SMARTS) is 6. The molecule has 174 valence electrons. The van der Waals surface area contributed by atoms with Crippen LogP contribution in [-0.2, 0) is 38.9 Å². The fourth-order valence-electron chi connectivity index (χ4n) is 0.499. The molecule has 0 fully saturated rings. The van der Waals surface area contributed by atoms with Crippen LogP contribution in [0.3, 0.4) is 0 Å². The molecule has 7 N–H and O–H groups in total. The van der Waals surface area contributed by atoms with Crippen molar-refractivity contribution in [2.24, 2.45) is 0 Å². The van der Waals surface area contributed by atoms with Crippen molar-refractivity contribution in [3.05, 3.63) is 24.3 Å². The molecule has 15 nitrogen and oxygen atoms in total. The molecule has 0 spiro atoms. The number of aliphatic carboxylic acids is 6. The van der Waals surface area contributed by atoms with Crippen molar-refractivity contribution in [2.45, 2.75) is 12.8 Å². The standard InChI is InChI=1S/C4H6O4.2C4H4O4.CH4O3S.ClH/c3*5-3(6)1-2-4(7)8;1-5(2,3)4;/h1-2H2,(H,5,6)(H,7,8);2*1-2H,(H,5,6)(H,7,8);1H3,(H,2,3,4);1H. The number of hydrogen-bond donors (Lipinski definition) is 7. The van der Waals surface area contributed by atoms with Gasteiger partial charge in [-0.2, -0.15) is 8.42 Å². The van der Waals surface area contributed by atoms with E-state index in [9.17, 15) is 37.2 Å². The van der Waals surface area contributed by atoms with E-state index in [1.54, 1.807) is 0 Å². The SMILES string of the molecule is CS(=O)(=O)O.Cl.O=C(O)C=CC(=O)O.O=C(O)C=CC(=O)O.O=C(O)CCC(=O)O. The third kappa shape index (κ3) is 102. The molecule has 0 aromatic rings. The minimum Gasteiger partial charge on any atom is -0.481 e. The van der Waals surface area contributed by atoms with E-state index in [2.05, 4.69) is 0 Å². The number of halogens is 1. The van der Waals surface area contributed by atoms with Crippen molar-refractivity contribution in [3.63, 3.8) is 0 Å². The molecule has 0 rings (SSSR count). The molecule has 0 aromatic heterocycles. The second kappa shape index (κ2) is 21.8. The first-order chi connectivity index (χ1) is 12.9. The van der Waals surface area contributed by atoms with Crippen LogP contribution in [0.15, 0.2) is 24.3 Å². The van der Waals surface area contributed by atoms with Crippen LogP contribution in [0.2, 0.25) is 0 Å². The summed E-state index contributed by atoms with van der Waals surface area (Å²) in [6.45, 7) is 0. The fraction of sp³-hybridized carbons (Fsp3) is 0.231. The van der Waals surface area contributed by atoms with Crippen molar-refractivity contribution < 1.29 is 72.4 Å². The Morgan fingerprint density at radius 2 is 0.733 bits per heavy atom. The van der Waals surface area contributed by atoms with Gasteiger partial charge in [0.1, 0.15) is 0 Å². The van der Waals surface area contributed by atoms with Crippen molar-refractivity contribution in [2.75, 3.05) is 6.26 Å². The Morgan fingerprint density at radius 1 is 0.600 bits per heavy atom. The Balaban J connectivity index is -0.0000000929. The van der Waals surface area contributed by atoms with E-state index in [0.29, 0.717) is 30.6 Å². The molecule has 30 heavy (non-hydrogen) atoms. The predicted octanol–water partition coefficient (Wildman–Crippen LogP) is -0.715. The summed E-state index contributed by atoms with van der Waals surface area (Å²) in [6, 6.07) is 0. The third-order valence-corrected chi connectivity index (χ3v) is 1.29. The Hall–Kier alpha value is -3.50. The lowest BCUT2D eigenvalue weighted by Gasteiger charge is -1.85. The molecule has 0 aromatic carbocycles. The van der Waals surface area contributed by atoms with Gasteiger partial charge in [-0.05, 0) is 0 Å². The average Bonchev–Trinajstić information content (AvgIpc) is 2.48. The lowest BCUT2D eigenvalue weighted by atomic mass is 10.3. The molecule has 0 aliphatic rings. The Bertz CT molecular complexity index is 648. The maximum Gasteiger partial charge on any atom is 0.328 e. The third-order valence-electron chi connectivity index (χ3n) is 1.29. The van der Waals surface area contributed by atoms with Gasteiger partial charge in [0, 0.05) is 24.3 Å². The van der Waals surface area contributed by atoms with Gasteiger partial charge in [-0.15, -0.1) is 12.4 Å². The van der Waals surface area contributed by atoms with Crippen molar-refractivity contribution in [3.8, 4) is 0 Å². The highest BCUT2D eigenvalue weighted by Gasteiger charge is 2.00. The smallest absolute Gasteiger partial charge is 0.328 e. The molecule has 0 saturated carbocycles. The molecule has 0 saturated heterocycles. The minimum atomic E-state index is -3.67. The molecule has 0 heterocycles. The van der Waals surface area contributed by atoms with Crippen LogP contribution >= 0.6 is 12.4 Å². The van der Waals surface area contributed by atoms with Crippen LogP contribution in [0.25, 0.3) is 0 Å². The van der Waals surface area contributed by atoms with Crippen LogP contribution < -0.4 is 0 Å². The molecule has 0 unspecified atom stereocenters. The van der Waals surface area contributed by atoms with Gasteiger partial charge >= 0.3 is 35.8 Å². The zero-order valence-electron chi connectivity index (χ0n) is 14.9. The zero-order valence-corrected chi connectivity index (χ0v) is 16.6. The fourth-order valence-corrected chi connectivity index (χ4v) is 0.499. The largest absolute Gasteiger partial charge is 0.481 e. The number of carboxylic acids is 6. The first-order valence-corrected chi connectivity index (χ1v) is 8.37. The monoisotopic (exact) mass is 482 g/mol. The van der Waals surface area contributed by atoms with E-state index in [1.165, 1.54) is 0 Å². The lowest BCUT2D eigenvalue weighted by molar-refractivity contribution is -0.143. The van der Waals surface area contributed by atoms with Crippen LogP contribution in [0, 0.1) is 0 Å². The van der Waals surface area contributed by atoms with Gasteiger partial charge in [0.25, 0.3) is 10.1 Å². The molecule has 17 heteroatoms. The van der Waals surface area contributed by atoms with E-state index in [4.69, 9.17) is 35.2 Å². The number of hydrogen-bond acceptors (Lipinski definition) is 8. The van der Waals surface area contributed by atoms with Gasteiger partial charge in [-0.1, -0.05) is 0 Å². The van der Waals surface area contributed by atoms with Gasteiger partial charge in [0.05, 0.1) is 19.1 Å². The summed E-state index contributed by atoms with van der Waals surface area (Å²) < 4.78 is 25.9. The van der Waals surface area contributed by atoms with E-state index in [0.717, 1.165) is 0 Å². The minimum absolute atomic E-state index is 0. The normalized spacial score (nSPS) is 9.27. The summed E-state index contributed by atoms with van der Waals surface area (Å²) in [5, 5.41) is 47.0. The quantitative estimate of drug-likeness (QED) is 0.174. The Morgan fingerprint density at radius 3 is 0.800 bits per heavy atom. The van der Waals surface area contributed by atoms with Crippen molar-refractivity contribution in [1.29, 1.82) is 0 Å². The van der Waals surface area contributed by atoms with Gasteiger partial charge in [0.15, 0.2) is 0 Å². The van der Waals surface area contributed by atoms with Crippen LogP contribution in [0.5, 0.6) is 0 Å². The van der Waals surface area contributed by atoms with E-state index < -0.39 is 45.9 Å². The summed E-state index contributed by atoms with van der Waals surface area (Å²) in [7, 11) is -3.67. The second-order valence-corrected chi connectivity index (χ2v) is 5.51. The number of rotatable bonds is 7. The lowest BCUT2D eigenvalue weighted by Crippen LogP contribution is -2.00. The highest BCUT2D eigenvalue weighted by Crippen LogP contribution is 1.86. The molecule has 0 aliphatic heterocycles. The Kier molecular flexibility index (Phi) is 27.1. The molecule has 0 bridgehead atoms. The van der Waals surface area contributed by atoms with Gasteiger partial charge in [0.2, 0.25) is 0 Å². The number of carbonyl (C=O) groups is 6. The molecular weight excluding hydrogens is 464 g/mol. The Labute approximate surface area is 174 Å². The second-order valence-electron chi connectivity index (χ2n) is 4.04. The van der Waals surface area contributed by atoms with E-state index in [1.807, 2.05) is 0 Å². The summed E-state index contributed by atoms with van der Waals surface area (Å²) in [5.41, 5.74) is 0. The molecular formula is C13H19ClO15S. The predicted molar refractivity (Wildman–Crippen MR) is 98.0 cm³/mol. The van der Waals surface area contributed by atoms with Crippen LogP contribution in [0.4, 0.5) is 0 Å². The first-order valence-electron chi connectivity index (χ1n) is 6.52.